The van der Waals surface area contributed by atoms with Gasteiger partial charge >= 0.3 is 5.97 Å². The monoisotopic (exact) mass is 362 g/mol. The summed E-state index contributed by atoms with van der Waals surface area (Å²) in [5, 5.41) is 36.3. The van der Waals surface area contributed by atoms with Gasteiger partial charge in [0.1, 0.15) is 12.7 Å². The molecule has 0 aromatic carbocycles. The zero-order chi connectivity index (χ0) is 18.8. The minimum atomic E-state index is -0.990. The second-order valence-corrected chi connectivity index (χ2v) is 6.76. The maximum absolute atomic E-state index is 11.4. The molecule has 150 valence electrons. The number of hydrogen-bond acceptors (Lipinski definition) is 6. The van der Waals surface area contributed by atoms with Crippen LogP contribution in [0.4, 0.5) is 0 Å². The van der Waals surface area contributed by atoms with Gasteiger partial charge in [-0.1, -0.05) is 51.4 Å². The third kappa shape index (κ3) is 17.9. The van der Waals surface area contributed by atoms with Crippen LogP contribution in [0.15, 0.2) is 0 Å². The van der Waals surface area contributed by atoms with Crippen LogP contribution in [0.5, 0.6) is 0 Å². The van der Waals surface area contributed by atoms with Crippen LogP contribution < -0.4 is 0 Å². The number of unbranched alkanes of at least 4 members (excludes halogenated alkanes) is 8. The van der Waals surface area contributed by atoms with Crippen LogP contribution in [-0.2, 0) is 9.53 Å². The van der Waals surface area contributed by atoms with Crippen molar-refractivity contribution in [3.05, 3.63) is 0 Å². The molecule has 0 heterocycles. The van der Waals surface area contributed by atoms with Crippen molar-refractivity contribution >= 4 is 5.97 Å². The molecule has 25 heavy (non-hydrogen) atoms. The molecule has 4 N–H and O–H groups in total. The number of aliphatic hydroxyl groups is 4. The van der Waals surface area contributed by atoms with E-state index in [1.807, 2.05) is 0 Å². The van der Waals surface area contributed by atoms with Crippen molar-refractivity contribution in [2.45, 2.75) is 95.7 Å². The highest BCUT2D eigenvalue weighted by Gasteiger charge is 2.07. The van der Waals surface area contributed by atoms with E-state index in [1.165, 1.54) is 0 Å². The van der Waals surface area contributed by atoms with Gasteiger partial charge in [0.2, 0.25) is 0 Å². The van der Waals surface area contributed by atoms with Crippen LogP contribution in [0.1, 0.15) is 83.5 Å². The maximum atomic E-state index is 11.4. The van der Waals surface area contributed by atoms with Crippen LogP contribution in [0.25, 0.3) is 0 Å². The molecule has 1 unspecified atom stereocenters. The average molecular weight is 363 g/mol. The number of ether oxygens (including phenoxy) is 1. The Hall–Kier alpha value is -0.690. The summed E-state index contributed by atoms with van der Waals surface area (Å²) in [5.41, 5.74) is 0. The lowest BCUT2D eigenvalue weighted by Crippen LogP contribution is -2.21. The van der Waals surface area contributed by atoms with E-state index in [9.17, 15) is 9.90 Å². The third-order valence-electron chi connectivity index (χ3n) is 4.26. The standard InChI is InChI=1S/C19H38O6/c20-14-10-6-2-4-8-12-17(22)11-7-3-1-5-9-13-19(24)25-16-18(23)15-21/h17-18,20-23H,1-16H2/t17?,18-/m1/s1. The molecular formula is C19H38O6. The van der Waals surface area contributed by atoms with Gasteiger partial charge < -0.3 is 25.2 Å². The molecule has 0 aliphatic heterocycles. The molecule has 0 saturated heterocycles. The Bertz CT molecular complexity index is 298. The first kappa shape index (κ1) is 24.3. The summed E-state index contributed by atoms with van der Waals surface area (Å²) in [5.74, 6) is -0.332. The van der Waals surface area contributed by atoms with Crippen LogP contribution in [0, 0.1) is 0 Å². The molecule has 0 radical (unpaired) electrons. The van der Waals surface area contributed by atoms with Crippen molar-refractivity contribution in [3.63, 3.8) is 0 Å². The van der Waals surface area contributed by atoms with Crippen molar-refractivity contribution in [2.24, 2.45) is 0 Å². The first-order valence-corrected chi connectivity index (χ1v) is 9.83. The maximum Gasteiger partial charge on any atom is 0.305 e. The Kier molecular flexibility index (Phi) is 17.6. The van der Waals surface area contributed by atoms with E-state index in [4.69, 9.17) is 20.1 Å². The third-order valence-corrected chi connectivity index (χ3v) is 4.26. The fraction of sp³-hybridized carbons (Fsp3) is 0.947. The molecule has 0 aliphatic rings. The molecule has 0 fully saturated rings. The Morgan fingerprint density at radius 1 is 0.720 bits per heavy atom. The summed E-state index contributed by atoms with van der Waals surface area (Å²) in [7, 11) is 0. The lowest BCUT2D eigenvalue weighted by atomic mass is 10.0. The summed E-state index contributed by atoms with van der Waals surface area (Å²) in [6, 6.07) is 0. The number of esters is 1. The van der Waals surface area contributed by atoms with Crippen LogP contribution in [0.3, 0.4) is 0 Å². The fourth-order valence-electron chi connectivity index (χ4n) is 2.66. The quantitative estimate of drug-likeness (QED) is 0.220. The Morgan fingerprint density at radius 2 is 1.24 bits per heavy atom. The summed E-state index contributed by atoms with van der Waals surface area (Å²) in [6.07, 6.45) is 11.0. The largest absolute Gasteiger partial charge is 0.463 e. The van der Waals surface area contributed by atoms with E-state index in [-0.39, 0.29) is 25.3 Å². The van der Waals surface area contributed by atoms with Gasteiger partial charge in [0.05, 0.1) is 12.7 Å². The van der Waals surface area contributed by atoms with E-state index >= 15 is 0 Å². The number of rotatable bonds is 18. The zero-order valence-corrected chi connectivity index (χ0v) is 15.6. The summed E-state index contributed by atoms with van der Waals surface area (Å²) in [6.45, 7) is -0.270. The molecule has 0 spiro atoms. The van der Waals surface area contributed by atoms with Gasteiger partial charge in [-0.05, 0) is 25.7 Å². The molecule has 6 nitrogen and oxygen atoms in total. The van der Waals surface area contributed by atoms with Gasteiger partial charge in [-0.25, -0.2) is 0 Å². The van der Waals surface area contributed by atoms with Gasteiger partial charge in [-0.2, -0.15) is 0 Å². The number of carbonyl (C=O) groups excluding carboxylic acids is 1. The summed E-state index contributed by atoms with van der Waals surface area (Å²) >= 11 is 0. The second kappa shape index (κ2) is 18.1. The Labute approximate surface area is 152 Å². The molecule has 0 bridgehead atoms. The highest BCUT2D eigenvalue weighted by Crippen LogP contribution is 2.13. The summed E-state index contributed by atoms with van der Waals surface area (Å²) < 4.78 is 4.83. The van der Waals surface area contributed by atoms with Crippen molar-refractivity contribution in [3.8, 4) is 0 Å². The molecule has 0 aliphatic carbocycles. The number of aliphatic hydroxyl groups excluding tert-OH is 4. The minimum Gasteiger partial charge on any atom is -0.463 e. The van der Waals surface area contributed by atoms with Crippen molar-refractivity contribution in [1.29, 1.82) is 0 Å². The highest BCUT2D eigenvalue weighted by atomic mass is 16.5. The van der Waals surface area contributed by atoms with E-state index < -0.39 is 12.7 Å². The van der Waals surface area contributed by atoms with Gasteiger partial charge in [-0.3, -0.25) is 4.79 Å². The van der Waals surface area contributed by atoms with Gasteiger partial charge in [0, 0.05) is 13.0 Å². The van der Waals surface area contributed by atoms with Crippen molar-refractivity contribution in [2.75, 3.05) is 19.8 Å². The predicted octanol–water partition coefficient (Wildman–Crippen LogP) is 2.31. The smallest absolute Gasteiger partial charge is 0.305 e. The fourth-order valence-corrected chi connectivity index (χ4v) is 2.66. The first-order valence-electron chi connectivity index (χ1n) is 9.83. The van der Waals surface area contributed by atoms with Gasteiger partial charge in [0.15, 0.2) is 0 Å². The van der Waals surface area contributed by atoms with Crippen LogP contribution in [-0.4, -0.2) is 58.4 Å². The Balaban J connectivity index is 3.30. The first-order chi connectivity index (χ1) is 12.1. The van der Waals surface area contributed by atoms with E-state index in [0.29, 0.717) is 6.42 Å². The molecule has 0 saturated carbocycles. The highest BCUT2D eigenvalue weighted by molar-refractivity contribution is 5.69. The average Bonchev–Trinajstić information content (AvgIpc) is 2.61. The summed E-state index contributed by atoms with van der Waals surface area (Å²) in [4.78, 5) is 11.4. The molecule has 0 amide bonds. The molecule has 2 atom stereocenters. The minimum absolute atomic E-state index is 0.144. The van der Waals surface area contributed by atoms with Gasteiger partial charge in [-0.15, -0.1) is 0 Å². The number of hydrogen-bond donors (Lipinski definition) is 4. The van der Waals surface area contributed by atoms with Gasteiger partial charge in [0.25, 0.3) is 0 Å². The molecule has 0 aromatic heterocycles. The van der Waals surface area contributed by atoms with Crippen LogP contribution in [0.2, 0.25) is 0 Å². The zero-order valence-electron chi connectivity index (χ0n) is 15.6. The van der Waals surface area contributed by atoms with E-state index in [2.05, 4.69) is 0 Å². The molecule has 0 rings (SSSR count). The molecule has 6 heteroatoms. The SMILES string of the molecule is O=C(CCCCCCCC(O)CCCCCCCO)OC[C@H](O)CO. The Morgan fingerprint density at radius 3 is 1.80 bits per heavy atom. The molecular weight excluding hydrogens is 324 g/mol. The van der Waals surface area contributed by atoms with Crippen molar-refractivity contribution < 1.29 is 30.0 Å². The topological polar surface area (TPSA) is 107 Å². The van der Waals surface area contributed by atoms with Crippen LogP contribution >= 0.6 is 0 Å². The second-order valence-electron chi connectivity index (χ2n) is 6.76. The number of carbonyl (C=O) groups is 1. The molecule has 0 aromatic rings. The normalized spacial score (nSPS) is 13.6. The lowest BCUT2D eigenvalue weighted by Gasteiger charge is -2.10. The van der Waals surface area contributed by atoms with Crippen molar-refractivity contribution in [1.82, 2.24) is 0 Å². The van der Waals surface area contributed by atoms with E-state index in [0.717, 1.165) is 77.0 Å². The predicted molar refractivity (Wildman–Crippen MR) is 97.2 cm³/mol. The lowest BCUT2D eigenvalue weighted by molar-refractivity contribution is -0.147. The van der Waals surface area contributed by atoms with E-state index in [1.54, 1.807) is 0 Å².